The van der Waals surface area contributed by atoms with E-state index in [1.54, 1.807) is 38.3 Å². The molecule has 0 unspecified atom stereocenters. The van der Waals surface area contributed by atoms with Crippen LogP contribution in [0.3, 0.4) is 0 Å². The first-order valence-corrected chi connectivity index (χ1v) is 8.97. The molecule has 0 saturated heterocycles. The molecule has 0 aliphatic carbocycles. The van der Waals surface area contributed by atoms with Crippen molar-refractivity contribution in [3.63, 3.8) is 0 Å². The van der Waals surface area contributed by atoms with Crippen molar-refractivity contribution in [1.82, 2.24) is 0 Å². The number of ether oxygens (including phenoxy) is 3. The van der Waals surface area contributed by atoms with Gasteiger partial charge in [-0.3, -0.25) is 4.79 Å². The fraction of sp³-hybridized carbons (Fsp3) is 0.227. The summed E-state index contributed by atoms with van der Waals surface area (Å²) in [6.07, 6.45) is 0.285. The molecule has 2 aromatic rings. The molecule has 0 bridgehead atoms. The number of carbonyl (C=O) groups excluding carboxylic acids is 2. The van der Waals surface area contributed by atoms with Gasteiger partial charge < -0.3 is 14.2 Å². The van der Waals surface area contributed by atoms with Gasteiger partial charge >= 0.3 is 11.9 Å². The second-order valence-electron chi connectivity index (χ2n) is 6.11. The van der Waals surface area contributed by atoms with Crippen LogP contribution in [0.1, 0.15) is 18.9 Å². The molecule has 0 spiro atoms. The molecule has 28 heavy (non-hydrogen) atoms. The zero-order valence-corrected chi connectivity index (χ0v) is 15.8. The summed E-state index contributed by atoms with van der Waals surface area (Å²) in [5.74, 6) is -0.0900. The standard InChI is InChI=1S/C22H21NO5/c1-3-27-20(24)14-18-19(13-15-7-5-4-6-8-15)22(25)28-21(18)23-16-9-11-17(26-2)12-10-16/h4-12H,3,13-14H2,1-2H3/b23-21-. The van der Waals surface area contributed by atoms with Crippen molar-refractivity contribution >= 4 is 23.5 Å². The van der Waals surface area contributed by atoms with Gasteiger partial charge in [-0.05, 0) is 36.8 Å². The Morgan fingerprint density at radius 1 is 1.04 bits per heavy atom. The number of aliphatic imine (C=N–C) groups is 1. The van der Waals surface area contributed by atoms with Crippen molar-refractivity contribution in [2.75, 3.05) is 13.7 Å². The first-order valence-electron chi connectivity index (χ1n) is 8.97. The fourth-order valence-electron chi connectivity index (χ4n) is 2.85. The van der Waals surface area contributed by atoms with Gasteiger partial charge in [-0.25, -0.2) is 9.79 Å². The summed E-state index contributed by atoms with van der Waals surface area (Å²) < 4.78 is 15.6. The molecular formula is C22H21NO5. The topological polar surface area (TPSA) is 74.2 Å². The lowest BCUT2D eigenvalue weighted by Crippen LogP contribution is -2.10. The van der Waals surface area contributed by atoms with Gasteiger partial charge in [-0.2, -0.15) is 0 Å². The van der Waals surface area contributed by atoms with Crippen LogP contribution in [0.15, 0.2) is 70.7 Å². The summed E-state index contributed by atoms with van der Waals surface area (Å²) in [6, 6.07) is 16.5. The zero-order chi connectivity index (χ0) is 19.9. The molecule has 0 atom stereocenters. The third kappa shape index (κ3) is 4.65. The highest BCUT2D eigenvalue weighted by atomic mass is 16.6. The molecule has 2 aromatic carbocycles. The number of cyclic esters (lactones) is 1. The van der Waals surface area contributed by atoms with E-state index in [0.29, 0.717) is 29.0 Å². The van der Waals surface area contributed by atoms with Crippen LogP contribution in [0.4, 0.5) is 5.69 Å². The van der Waals surface area contributed by atoms with E-state index in [4.69, 9.17) is 14.2 Å². The van der Waals surface area contributed by atoms with Crippen molar-refractivity contribution < 1.29 is 23.8 Å². The van der Waals surface area contributed by atoms with Gasteiger partial charge in [0.05, 0.1) is 31.4 Å². The Bertz CT molecular complexity index is 914. The molecule has 6 heteroatoms. The summed E-state index contributed by atoms with van der Waals surface area (Å²) in [5, 5.41) is 0. The Hall–Kier alpha value is -3.41. The monoisotopic (exact) mass is 379 g/mol. The molecule has 1 aliphatic heterocycles. The molecule has 6 nitrogen and oxygen atoms in total. The van der Waals surface area contributed by atoms with E-state index in [0.717, 1.165) is 5.56 Å². The highest BCUT2D eigenvalue weighted by Gasteiger charge is 2.33. The van der Waals surface area contributed by atoms with Gasteiger partial charge in [0.25, 0.3) is 0 Å². The number of carbonyl (C=O) groups is 2. The van der Waals surface area contributed by atoms with Crippen LogP contribution >= 0.6 is 0 Å². The highest BCUT2D eigenvalue weighted by molar-refractivity contribution is 6.16. The largest absolute Gasteiger partial charge is 0.497 e. The van der Waals surface area contributed by atoms with E-state index in [1.165, 1.54) is 0 Å². The lowest BCUT2D eigenvalue weighted by molar-refractivity contribution is -0.142. The van der Waals surface area contributed by atoms with Crippen LogP contribution in [-0.2, 0) is 25.5 Å². The van der Waals surface area contributed by atoms with Crippen molar-refractivity contribution in [3.8, 4) is 5.75 Å². The molecule has 0 N–H and O–H groups in total. The predicted octanol–water partition coefficient (Wildman–Crippen LogP) is 3.77. The molecule has 1 aliphatic rings. The predicted molar refractivity (Wildman–Crippen MR) is 105 cm³/mol. The number of hydrogen-bond acceptors (Lipinski definition) is 6. The number of hydrogen-bond donors (Lipinski definition) is 0. The quantitative estimate of drug-likeness (QED) is 0.685. The van der Waals surface area contributed by atoms with Crippen LogP contribution < -0.4 is 4.74 Å². The summed E-state index contributed by atoms with van der Waals surface area (Å²) in [5.41, 5.74) is 2.42. The van der Waals surface area contributed by atoms with Crippen molar-refractivity contribution in [3.05, 3.63) is 71.3 Å². The van der Waals surface area contributed by atoms with E-state index in [2.05, 4.69) is 4.99 Å². The first kappa shape index (κ1) is 19.4. The van der Waals surface area contributed by atoms with Gasteiger partial charge in [-0.15, -0.1) is 0 Å². The summed E-state index contributed by atoms with van der Waals surface area (Å²) >= 11 is 0. The maximum absolute atomic E-state index is 12.5. The van der Waals surface area contributed by atoms with Gasteiger partial charge in [0.15, 0.2) is 0 Å². The zero-order valence-electron chi connectivity index (χ0n) is 15.8. The first-order chi connectivity index (χ1) is 13.6. The third-order valence-corrected chi connectivity index (χ3v) is 4.21. The smallest absolute Gasteiger partial charge is 0.341 e. The van der Waals surface area contributed by atoms with Gasteiger partial charge in [-0.1, -0.05) is 30.3 Å². The Morgan fingerprint density at radius 2 is 1.75 bits per heavy atom. The number of methoxy groups -OCH3 is 1. The van der Waals surface area contributed by atoms with Gasteiger partial charge in [0.1, 0.15) is 5.75 Å². The molecule has 0 aromatic heterocycles. The molecular weight excluding hydrogens is 358 g/mol. The summed E-state index contributed by atoms with van der Waals surface area (Å²) in [4.78, 5) is 29.0. The van der Waals surface area contributed by atoms with Crippen LogP contribution in [0.25, 0.3) is 0 Å². The normalized spacial score (nSPS) is 14.9. The summed E-state index contributed by atoms with van der Waals surface area (Å²) in [7, 11) is 1.58. The molecule has 144 valence electrons. The molecule has 0 amide bonds. The van der Waals surface area contributed by atoms with E-state index >= 15 is 0 Å². The van der Waals surface area contributed by atoms with Crippen LogP contribution in [-0.4, -0.2) is 31.6 Å². The molecule has 1 heterocycles. The van der Waals surface area contributed by atoms with Crippen molar-refractivity contribution in [2.45, 2.75) is 19.8 Å². The van der Waals surface area contributed by atoms with Gasteiger partial charge in [0.2, 0.25) is 5.90 Å². The number of benzene rings is 2. The average molecular weight is 379 g/mol. The molecule has 0 fully saturated rings. The van der Waals surface area contributed by atoms with Crippen LogP contribution in [0.5, 0.6) is 5.75 Å². The Morgan fingerprint density at radius 3 is 2.39 bits per heavy atom. The number of esters is 2. The maximum Gasteiger partial charge on any atom is 0.341 e. The lowest BCUT2D eigenvalue weighted by atomic mass is 9.99. The molecule has 0 saturated carbocycles. The van der Waals surface area contributed by atoms with Crippen molar-refractivity contribution in [1.29, 1.82) is 0 Å². The second-order valence-corrected chi connectivity index (χ2v) is 6.11. The summed E-state index contributed by atoms with van der Waals surface area (Å²) in [6.45, 7) is 2.00. The Balaban J connectivity index is 1.96. The Labute approximate surface area is 163 Å². The molecule has 3 rings (SSSR count). The molecule has 0 radical (unpaired) electrons. The van der Waals surface area contributed by atoms with Gasteiger partial charge in [0, 0.05) is 12.0 Å². The van der Waals surface area contributed by atoms with E-state index < -0.39 is 11.9 Å². The number of rotatable bonds is 7. The van der Waals surface area contributed by atoms with Crippen LogP contribution in [0.2, 0.25) is 0 Å². The number of nitrogens with zero attached hydrogens (tertiary/aromatic N) is 1. The maximum atomic E-state index is 12.5. The minimum absolute atomic E-state index is 0.0727. The van der Waals surface area contributed by atoms with Crippen molar-refractivity contribution in [2.24, 2.45) is 4.99 Å². The van der Waals surface area contributed by atoms with E-state index in [9.17, 15) is 9.59 Å². The minimum atomic E-state index is -0.490. The highest BCUT2D eigenvalue weighted by Crippen LogP contribution is 2.28. The fourth-order valence-corrected chi connectivity index (χ4v) is 2.85. The second kappa shape index (κ2) is 8.99. The van der Waals surface area contributed by atoms with E-state index in [1.807, 2.05) is 30.3 Å². The lowest BCUT2D eigenvalue weighted by Gasteiger charge is -2.06. The van der Waals surface area contributed by atoms with E-state index in [-0.39, 0.29) is 18.9 Å². The average Bonchev–Trinajstić information content (AvgIpc) is 2.98. The Kier molecular flexibility index (Phi) is 6.22. The van der Waals surface area contributed by atoms with Crippen LogP contribution in [0, 0.1) is 0 Å². The minimum Gasteiger partial charge on any atom is -0.497 e. The third-order valence-electron chi connectivity index (χ3n) is 4.21. The SMILES string of the molecule is CCOC(=O)CC1=C(Cc2ccccc2)C(=O)O/C1=N\c1ccc(OC)cc1.